The zero-order valence-corrected chi connectivity index (χ0v) is 13.6. The molecule has 0 aliphatic rings. The number of amides is 1. The van der Waals surface area contributed by atoms with Crippen molar-refractivity contribution in [3.8, 4) is 5.75 Å². The number of rotatable bonds is 6. The van der Waals surface area contributed by atoms with Crippen LogP contribution in [0.25, 0.3) is 0 Å². The van der Waals surface area contributed by atoms with Crippen LogP contribution in [0, 0.1) is 5.92 Å². The van der Waals surface area contributed by atoms with E-state index in [1.54, 1.807) is 19.1 Å². The van der Waals surface area contributed by atoms with Crippen molar-refractivity contribution in [2.24, 2.45) is 5.92 Å². The van der Waals surface area contributed by atoms with E-state index in [0.717, 1.165) is 23.4 Å². The van der Waals surface area contributed by atoms with E-state index in [1.807, 2.05) is 30.3 Å². The predicted octanol–water partition coefficient (Wildman–Crippen LogP) is 2.89. The van der Waals surface area contributed by atoms with E-state index in [0.29, 0.717) is 18.2 Å². The van der Waals surface area contributed by atoms with Gasteiger partial charge in [0.25, 0.3) is 5.91 Å². The van der Waals surface area contributed by atoms with Gasteiger partial charge in [-0.25, -0.2) is 0 Å². The lowest BCUT2D eigenvalue weighted by molar-refractivity contribution is 0.0779. The molecular weight excluding hydrogens is 278 g/mol. The van der Waals surface area contributed by atoms with Gasteiger partial charge in [0.2, 0.25) is 0 Å². The minimum atomic E-state index is -0.0814. The van der Waals surface area contributed by atoms with E-state index in [1.165, 1.54) is 0 Å². The van der Waals surface area contributed by atoms with Crippen molar-refractivity contribution < 1.29 is 9.53 Å². The van der Waals surface area contributed by atoms with Crippen molar-refractivity contribution in [2.75, 3.05) is 14.2 Å². The van der Waals surface area contributed by atoms with Gasteiger partial charge in [0, 0.05) is 19.3 Å². The molecule has 0 unspecified atom stereocenters. The quantitative estimate of drug-likeness (QED) is 0.892. The highest BCUT2D eigenvalue weighted by Crippen LogP contribution is 2.14. The first-order valence-electron chi connectivity index (χ1n) is 7.42. The summed E-state index contributed by atoms with van der Waals surface area (Å²) in [6, 6.07) is 9.54. The maximum atomic E-state index is 12.4. The largest absolute Gasteiger partial charge is 0.497 e. The van der Waals surface area contributed by atoms with E-state index >= 15 is 0 Å². The van der Waals surface area contributed by atoms with Gasteiger partial charge in [0.1, 0.15) is 11.4 Å². The average Bonchev–Trinajstić information content (AvgIpc) is 2.94. The molecule has 5 heteroatoms. The summed E-state index contributed by atoms with van der Waals surface area (Å²) >= 11 is 0. The molecule has 0 saturated heterocycles. The Bertz CT molecular complexity index is 617. The van der Waals surface area contributed by atoms with Gasteiger partial charge in [-0.05, 0) is 36.1 Å². The lowest BCUT2D eigenvalue weighted by Gasteiger charge is -2.16. The van der Waals surface area contributed by atoms with Crippen molar-refractivity contribution in [1.29, 1.82) is 0 Å². The topological polar surface area (TPSA) is 58.2 Å². The summed E-state index contributed by atoms with van der Waals surface area (Å²) in [5.74, 6) is 1.26. The molecule has 0 atom stereocenters. The molecule has 0 aliphatic carbocycles. The molecule has 2 rings (SSSR count). The van der Waals surface area contributed by atoms with Crippen LogP contribution in [-0.2, 0) is 13.0 Å². The van der Waals surface area contributed by atoms with Gasteiger partial charge < -0.3 is 9.64 Å². The molecule has 1 N–H and O–H groups in total. The van der Waals surface area contributed by atoms with E-state index in [-0.39, 0.29) is 5.91 Å². The second-order valence-electron chi connectivity index (χ2n) is 5.89. The van der Waals surface area contributed by atoms with Crippen LogP contribution in [0.1, 0.15) is 35.6 Å². The fraction of sp³-hybridized carbons (Fsp3) is 0.412. The Morgan fingerprint density at radius 2 is 2.00 bits per heavy atom. The van der Waals surface area contributed by atoms with E-state index in [2.05, 4.69) is 24.0 Å². The molecule has 0 bridgehead atoms. The molecule has 0 saturated carbocycles. The SMILES string of the molecule is COc1ccc(CN(C)C(=O)c2cc(CC(C)C)[nH]n2)cc1. The maximum absolute atomic E-state index is 12.4. The molecule has 5 nitrogen and oxygen atoms in total. The molecule has 0 aliphatic heterocycles. The first-order valence-corrected chi connectivity index (χ1v) is 7.42. The maximum Gasteiger partial charge on any atom is 0.274 e. The Hall–Kier alpha value is -2.30. The van der Waals surface area contributed by atoms with Gasteiger partial charge in [0.05, 0.1) is 7.11 Å². The summed E-state index contributed by atoms with van der Waals surface area (Å²) in [6.45, 7) is 4.81. The van der Waals surface area contributed by atoms with E-state index < -0.39 is 0 Å². The number of benzene rings is 1. The number of nitrogens with one attached hydrogen (secondary N) is 1. The fourth-order valence-corrected chi connectivity index (χ4v) is 2.29. The zero-order chi connectivity index (χ0) is 16.1. The molecule has 0 radical (unpaired) electrons. The van der Waals surface area contributed by atoms with E-state index in [4.69, 9.17) is 4.74 Å². The van der Waals surface area contributed by atoms with Crippen LogP contribution in [0.3, 0.4) is 0 Å². The van der Waals surface area contributed by atoms with Gasteiger partial charge in [-0.3, -0.25) is 9.89 Å². The molecule has 0 spiro atoms. The van der Waals surface area contributed by atoms with Crippen LogP contribution in [0.15, 0.2) is 30.3 Å². The minimum Gasteiger partial charge on any atom is -0.497 e. The highest BCUT2D eigenvalue weighted by Gasteiger charge is 2.16. The van der Waals surface area contributed by atoms with Crippen molar-refractivity contribution >= 4 is 5.91 Å². The monoisotopic (exact) mass is 301 g/mol. The number of methoxy groups -OCH3 is 1. The number of nitrogens with zero attached hydrogens (tertiary/aromatic N) is 2. The third-order valence-electron chi connectivity index (χ3n) is 3.40. The summed E-state index contributed by atoms with van der Waals surface area (Å²) < 4.78 is 5.13. The van der Waals surface area contributed by atoms with Crippen LogP contribution in [0.5, 0.6) is 5.75 Å². The Balaban J connectivity index is 2.00. The third-order valence-corrected chi connectivity index (χ3v) is 3.40. The number of ether oxygens (including phenoxy) is 1. The van der Waals surface area contributed by atoms with Crippen molar-refractivity contribution in [1.82, 2.24) is 15.1 Å². The fourth-order valence-electron chi connectivity index (χ4n) is 2.29. The predicted molar refractivity (Wildman–Crippen MR) is 85.9 cm³/mol. The molecule has 2 aromatic rings. The normalized spacial score (nSPS) is 10.8. The highest BCUT2D eigenvalue weighted by atomic mass is 16.5. The van der Waals surface area contributed by atoms with Gasteiger partial charge in [0.15, 0.2) is 0 Å². The molecule has 1 aromatic carbocycles. The Kier molecular flexibility index (Phi) is 5.20. The van der Waals surface area contributed by atoms with Crippen molar-refractivity contribution in [3.63, 3.8) is 0 Å². The Morgan fingerprint density at radius 3 is 2.59 bits per heavy atom. The molecule has 1 aromatic heterocycles. The number of H-pyrrole nitrogens is 1. The summed E-state index contributed by atoms with van der Waals surface area (Å²) in [4.78, 5) is 14.1. The van der Waals surface area contributed by atoms with Gasteiger partial charge >= 0.3 is 0 Å². The highest BCUT2D eigenvalue weighted by molar-refractivity contribution is 5.92. The van der Waals surface area contributed by atoms with Crippen molar-refractivity contribution in [2.45, 2.75) is 26.8 Å². The van der Waals surface area contributed by atoms with Crippen LogP contribution in [0.4, 0.5) is 0 Å². The summed E-state index contributed by atoms with van der Waals surface area (Å²) in [7, 11) is 3.42. The second-order valence-corrected chi connectivity index (χ2v) is 5.89. The minimum absolute atomic E-state index is 0.0814. The third kappa shape index (κ3) is 4.10. The van der Waals surface area contributed by atoms with Gasteiger partial charge in [-0.1, -0.05) is 26.0 Å². The molecule has 1 heterocycles. The molecular formula is C17H23N3O2. The van der Waals surface area contributed by atoms with Crippen LogP contribution >= 0.6 is 0 Å². The van der Waals surface area contributed by atoms with Gasteiger partial charge in [-0.15, -0.1) is 0 Å². The second kappa shape index (κ2) is 7.11. The number of hydrogen-bond acceptors (Lipinski definition) is 3. The first-order chi connectivity index (χ1) is 10.5. The Morgan fingerprint density at radius 1 is 1.32 bits per heavy atom. The lowest BCUT2D eigenvalue weighted by atomic mass is 10.1. The first kappa shape index (κ1) is 16.1. The molecule has 0 fully saturated rings. The van der Waals surface area contributed by atoms with Crippen LogP contribution in [0.2, 0.25) is 0 Å². The summed E-state index contributed by atoms with van der Waals surface area (Å²) in [5, 5.41) is 7.06. The number of hydrogen-bond donors (Lipinski definition) is 1. The molecule has 1 amide bonds. The molecule has 22 heavy (non-hydrogen) atoms. The van der Waals surface area contributed by atoms with Crippen LogP contribution < -0.4 is 4.74 Å². The standard InChI is InChI=1S/C17H23N3O2/c1-12(2)9-14-10-16(19-18-14)17(21)20(3)11-13-5-7-15(22-4)8-6-13/h5-8,10,12H,9,11H2,1-4H3,(H,18,19). The number of aromatic amines is 1. The smallest absolute Gasteiger partial charge is 0.274 e. The average molecular weight is 301 g/mol. The Labute approximate surface area is 131 Å². The number of carbonyl (C=O) groups excluding carboxylic acids is 1. The van der Waals surface area contributed by atoms with Gasteiger partial charge in [-0.2, -0.15) is 5.10 Å². The lowest BCUT2D eigenvalue weighted by Crippen LogP contribution is -2.26. The number of aromatic nitrogens is 2. The van der Waals surface area contributed by atoms with Crippen molar-refractivity contribution in [3.05, 3.63) is 47.3 Å². The summed E-state index contributed by atoms with van der Waals surface area (Å²) in [5.41, 5.74) is 2.51. The molecule has 118 valence electrons. The zero-order valence-electron chi connectivity index (χ0n) is 13.6. The summed E-state index contributed by atoms with van der Waals surface area (Å²) in [6.07, 6.45) is 0.891. The number of carbonyl (C=O) groups is 1. The van der Waals surface area contributed by atoms with Crippen LogP contribution in [-0.4, -0.2) is 35.2 Å². The van der Waals surface area contributed by atoms with E-state index in [9.17, 15) is 4.79 Å².